The highest BCUT2D eigenvalue weighted by atomic mass is 19.1. The Hall–Kier alpha value is -2.78. The molecule has 1 aliphatic rings. The van der Waals surface area contributed by atoms with Crippen molar-refractivity contribution in [3.8, 4) is 17.1 Å². The Morgan fingerprint density at radius 1 is 1.32 bits per heavy atom. The summed E-state index contributed by atoms with van der Waals surface area (Å²) in [6.45, 7) is 4.26. The summed E-state index contributed by atoms with van der Waals surface area (Å²) in [4.78, 5) is 13.2. The first-order valence-corrected chi connectivity index (χ1v) is 9.08. The minimum Gasteiger partial charge on any atom is -0.496 e. The number of nitrogens with zero attached hydrogens (tertiary/aromatic N) is 4. The third-order valence-corrected chi connectivity index (χ3v) is 4.86. The van der Waals surface area contributed by atoms with Crippen LogP contribution in [-0.2, 0) is 5.60 Å². The lowest BCUT2D eigenvalue weighted by Crippen LogP contribution is -2.29. The molecule has 0 spiro atoms. The standard InChI is InChI=1S/C19H23FN6O2/c1-19(2,27)11-10-26-15(8-23-18(26)4-16(11)28-3)14-7-22-9-17(25-14)24-13-6-21-5-12(13)20/h4,7-10,12-13,21,27H,5-6H2,1-3H3,(H,24,25)/t12-,13-/m0/s1. The van der Waals surface area contributed by atoms with E-state index in [4.69, 9.17) is 4.74 Å². The van der Waals surface area contributed by atoms with Gasteiger partial charge in [-0.25, -0.2) is 14.4 Å². The van der Waals surface area contributed by atoms with Gasteiger partial charge in [-0.1, -0.05) is 0 Å². The molecule has 0 amide bonds. The summed E-state index contributed by atoms with van der Waals surface area (Å²) in [5, 5.41) is 16.6. The van der Waals surface area contributed by atoms with Gasteiger partial charge in [0.25, 0.3) is 0 Å². The molecule has 4 rings (SSSR count). The maximum Gasteiger partial charge on any atom is 0.145 e. The van der Waals surface area contributed by atoms with Gasteiger partial charge in [0.15, 0.2) is 0 Å². The Kier molecular flexibility index (Phi) is 4.64. The number of fused-ring (bicyclic) bond motifs is 1. The number of halogens is 1. The third kappa shape index (κ3) is 3.38. The Balaban J connectivity index is 1.74. The summed E-state index contributed by atoms with van der Waals surface area (Å²) in [5.41, 5.74) is 1.48. The lowest BCUT2D eigenvalue weighted by Gasteiger charge is -2.21. The van der Waals surface area contributed by atoms with Gasteiger partial charge in [-0.2, -0.15) is 0 Å². The number of aromatic nitrogens is 4. The van der Waals surface area contributed by atoms with E-state index in [1.807, 2.05) is 4.40 Å². The van der Waals surface area contributed by atoms with Crippen LogP contribution in [-0.4, -0.2) is 56.9 Å². The minimum atomic E-state index is -1.10. The highest BCUT2D eigenvalue weighted by Gasteiger charge is 2.27. The quantitative estimate of drug-likeness (QED) is 0.615. The molecular formula is C19H23FN6O2. The van der Waals surface area contributed by atoms with E-state index in [-0.39, 0.29) is 6.04 Å². The van der Waals surface area contributed by atoms with Gasteiger partial charge in [-0.3, -0.25) is 9.38 Å². The highest BCUT2D eigenvalue weighted by molar-refractivity contribution is 5.63. The van der Waals surface area contributed by atoms with E-state index in [9.17, 15) is 9.50 Å². The van der Waals surface area contributed by atoms with Gasteiger partial charge in [-0.05, 0) is 13.8 Å². The second-order valence-corrected chi connectivity index (χ2v) is 7.40. The zero-order valence-electron chi connectivity index (χ0n) is 16.0. The normalized spacial score (nSPS) is 19.9. The van der Waals surface area contributed by atoms with Crippen molar-refractivity contribution in [2.45, 2.75) is 31.7 Å². The van der Waals surface area contributed by atoms with E-state index in [0.717, 1.165) is 0 Å². The summed E-state index contributed by atoms with van der Waals surface area (Å²) in [6, 6.07) is 1.43. The first-order valence-electron chi connectivity index (χ1n) is 9.08. The van der Waals surface area contributed by atoms with Crippen LogP contribution in [0.5, 0.6) is 5.75 Å². The number of hydrogen-bond acceptors (Lipinski definition) is 7. The maximum absolute atomic E-state index is 13.9. The van der Waals surface area contributed by atoms with Crippen LogP contribution in [0.3, 0.4) is 0 Å². The van der Waals surface area contributed by atoms with Crippen LogP contribution in [0.4, 0.5) is 10.2 Å². The summed E-state index contributed by atoms with van der Waals surface area (Å²) < 4.78 is 21.1. The fraction of sp³-hybridized carbons (Fsp3) is 0.421. The molecule has 0 aliphatic carbocycles. The second kappa shape index (κ2) is 6.99. The van der Waals surface area contributed by atoms with Crippen LogP contribution in [0.1, 0.15) is 19.4 Å². The van der Waals surface area contributed by atoms with Crippen molar-refractivity contribution in [2.75, 3.05) is 25.5 Å². The Bertz CT molecular complexity index is 1000. The van der Waals surface area contributed by atoms with Crippen LogP contribution < -0.4 is 15.4 Å². The molecule has 0 radical (unpaired) electrons. The van der Waals surface area contributed by atoms with E-state index in [0.29, 0.717) is 47.3 Å². The van der Waals surface area contributed by atoms with E-state index < -0.39 is 11.8 Å². The van der Waals surface area contributed by atoms with Crippen LogP contribution in [0.2, 0.25) is 0 Å². The first kappa shape index (κ1) is 18.6. The monoisotopic (exact) mass is 386 g/mol. The number of nitrogens with one attached hydrogen (secondary N) is 2. The SMILES string of the molecule is COc1cc2ncc(-c3cncc(N[C@H]4CNC[C@@H]4F)n3)n2cc1C(C)(C)O. The molecule has 0 bridgehead atoms. The molecule has 0 aromatic carbocycles. The van der Waals surface area contributed by atoms with Gasteiger partial charge in [-0.15, -0.1) is 0 Å². The zero-order valence-corrected chi connectivity index (χ0v) is 16.0. The molecule has 4 heterocycles. The van der Waals surface area contributed by atoms with E-state index >= 15 is 0 Å². The molecule has 3 aromatic heterocycles. The van der Waals surface area contributed by atoms with Crippen molar-refractivity contribution in [1.29, 1.82) is 0 Å². The van der Waals surface area contributed by atoms with Gasteiger partial charge in [0.05, 0.1) is 43.0 Å². The number of aliphatic hydroxyl groups is 1. The van der Waals surface area contributed by atoms with Crippen molar-refractivity contribution in [1.82, 2.24) is 24.7 Å². The van der Waals surface area contributed by atoms with Gasteiger partial charge < -0.3 is 20.5 Å². The molecule has 9 heteroatoms. The smallest absolute Gasteiger partial charge is 0.145 e. The van der Waals surface area contributed by atoms with Gasteiger partial charge in [0.2, 0.25) is 0 Å². The first-order chi connectivity index (χ1) is 13.4. The lowest BCUT2D eigenvalue weighted by molar-refractivity contribution is 0.0752. The third-order valence-electron chi connectivity index (χ3n) is 4.86. The predicted octanol–water partition coefficient (Wildman–Crippen LogP) is 1.75. The predicted molar refractivity (Wildman–Crippen MR) is 103 cm³/mol. The summed E-state index contributed by atoms with van der Waals surface area (Å²) in [7, 11) is 1.56. The zero-order chi connectivity index (χ0) is 19.9. The second-order valence-electron chi connectivity index (χ2n) is 7.40. The van der Waals surface area contributed by atoms with Crippen molar-refractivity contribution >= 4 is 11.5 Å². The van der Waals surface area contributed by atoms with Crippen LogP contribution in [0, 0.1) is 0 Å². The molecule has 148 valence electrons. The lowest BCUT2D eigenvalue weighted by atomic mass is 9.99. The van der Waals surface area contributed by atoms with Crippen LogP contribution >= 0.6 is 0 Å². The molecule has 0 saturated carbocycles. The summed E-state index contributed by atoms with van der Waals surface area (Å²) in [5.74, 6) is 1.06. The Morgan fingerprint density at radius 3 is 2.82 bits per heavy atom. The van der Waals surface area contributed by atoms with Crippen molar-refractivity contribution in [2.24, 2.45) is 0 Å². The van der Waals surface area contributed by atoms with E-state index in [1.54, 1.807) is 51.8 Å². The van der Waals surface area contributed by atoms with Gasteiger partial charge in [0, 0.05) is 30.9 Å². The molecule has 8 nitrogen and oxygen atoms in total. The number of anilines is 1. The molecule has 28 heavy (non-hydrogen) atoms. The number of hydrogen-bond donors (Lipinski definition) is 3. The fourth-order valence-corrected chi connectivity index (χ4v) is 3.36. The molecule has 1 saturated heterocycles. The molecular weight excluding hydrogens is 363 g/mol. The molecule has 3 aromatic rings. The Labute approximate surface area is 161 Å². The minimum absolute atomic E-state index is 0.333. The summed E-state index contributed by atoms with van der Waals surface area (Å²) in [6.07, 6.45) is 5.71. The molecule has 0 unspecified atom stereocenters. The average molecular weight is 386 g/mol. The topological polar surface area (TPSA) is 96.6 Å². The van der Waals surface area contributed by atoms with E-state index in [1.165, 1.54) is 0 Å². The Morgan fingerprint density at radius 2 is 2.14 bits per heavy atom. The van der Waals surface area contributed by atoms with E-state index in [2.05, 4.69) is 25.6 Å². The molecule has 1 fully saturated rings. The molecule has 2 atom stereocenters. The van der Waals surface area contributed by atoms with Crippen LogP contribution in [0.15, 0.2) is 30.9 Å². The number of pyridine rings is 1. The van der Waals surface area contributed by atoms with Gasteiger partial charge >= 0.3 is 0 Å². The van der Waals surface area contributed by atoms with Gasteiger partial charge in [0.1, 0.15) is 29.1 Å². The molecule has 1 aliphatic heterocycles. The van der Waals surface area contributed by atoms with Crippen molar-refractivity contribution in [3.63, 3.8) is 0 Å². The fourth-order valence-electron chi connectivity index (χ4n) is 3.36. The largest absolute Gasteiger partial charge is 0.496 e. The number of ether oxygens (including phenoxy) is 1. The number of rotatable bonds is 5. The number of methoxy groups -OCH3 is 1. The number of alkyl halides is 1. The average Bonchev–Trinajstić information content (AvgIpc) is 3.26. The van der Waals surface area contributed by atoms with Crippen molar-refractivity contribution in [3.05, 3.63) is 36.4 Å². The van der Waals surface area contributed by atoms with Crippen LogP contribution in [0.25, 0.3) is 17.0 Å². The highest BCUT2D eigenvalue weighted by Crippen LogP contribution is 2.32. The maximum atomic E-state index is 13.9. The summed E-state index contributed by atoms with van der Waals surface area (Å²) >= 11 is 0. The van der Waals surface area contributed by atoms with Crippen molar-refractivity contribution < 1.29 is 14.2 Å². The number of imidazole rings is 1. The molecule has 3 N–H and O–H groups in total.